The van der Waals surface area contributed by atoms with Gasteiger partial charge in [0.15, 0.2) is 0 Å². The molecule has 5 nitrogen and oxygen atoms in total. The summed E-state index contributed by atoms with van der Waals surface area (Å²) >= 11 is 0. The highest BCUT2D eigenvalue weighted by atomic mass is 16.5. The summed E-state index contributed by atoms with van der Waals surface area (Å²) in [5.41, 5.74) is 3.89. The van der Waals surface area contributed by atoms with Gasteiger partial charge in [-0.25, -0.2) is 4.79 Å². The van der Waals surface area contributed by atoms with Crippen LogP contribution in [-0.2, 0) is 16.0 Å². The van der Waals surface area contributed by atoms with Gasteiger partial charge in [0.25, 0.3) is 0 Å². The van der Waals surface area contributed by atoms with Crippen LogP contribution in [0.15, 0.2) is 35.7 Å². The molecule has 0 bridgehead atoms. The van der Waals surface area contributed by atoms with Gasteiger partial charge in [-0.3, -0.25) is 0 Å². The fourth-order valence-corrected chi connectivity index (χ4v) is 3.80. The van der Waals surface area contributed by atoms with Crippen molar-refractivity contribution in [2.75, 3.05) is 32.6 Å². The number of hydrogen-bond donors (Lipinski definition) is 1. The predicted molar refractivity (Wildman–Crippen MR) is 95.8 cm³/mol. The molecule has 2 atom stereocenters. The lowest BCUT2D eigenvalue weighted by Gasteiger charge is -2.36. The first-order valence-corrected chi connectivity index (χ1v) is 8.67. The van der Waals surface area contributed by atoms with Gasteiger partial charge in [0.2, 0.25) is 0 Å². The number of carbonyl (C=O) groups is 1. The third-order valence-electron chi connectivity index (χ3n) is 5.01. The van der Waals surface area contributed by atoms with Crippen LogP contribution in [0.5, 0.6) is 0 Å². The number of esters is 1. The molecule has 0 amide bonds. The Morgan fingerprint density at radius 1 is 1.33 bits per heavy atom. The van der Waals surface area contributed by atoms with Crippen LogP contribution in [-0.4, -0.2) is 50.7 Å². The fraction of sp³-hybridized carbons (Fsp3) is 0.526. The maximum Gasteiger partial charge on any atom is 0.328 e. The number of nitrogens with one attached hydrogen (secondary N) is 1. The Bertz CT molecular complexity index is 654. The van der Waals surface area contributed by atoms with E-state index in [1.54, 1.807) is 0 Å². The van der Waals surface area contributed by atoms with Crippen molar-refractivity contribution in [2.24, 2.45) is 0 Å². The number of hydrogen-bond acceptors (Lipinski definition) is 5. The van der Waals surface area contributed by atoms with Gasteiger partial charge in [0, 0.05) is 25.2 Å². The lowest BCUT2D eigenvalue weighted by Crippen LogP contribution is -2.43. The van der Waals surface area contributed by atoms with Crippen molar-refractivity contribution in [3.05, 3.63) is 41.2 Å². The molecule has 2 aliphatic heterocycles. The molecular weight excluding hydrogens is 302 g/mol. The molecule has 0 aliphatic carbocycles. The molecule has 0 spiro atoms. The number of ether oxygens (including phenoxy) is 1. The molecule has 0 radical (unpaired) electrons. The van der Waals surface area contributed by atoms with Gasteiger partial charge in [0.05, 0.1) is 6.61 Å². The van der Waals surface area contributed by atoms with Gasteiger partial charge < -0.3 is 19.9 Å². The van der Waals surface area contributed by atoms with E-state index < -0.39 is 0 Å². The number of anilines is 1. The van der Waals surface area contributed by atoms with E-state index in [0.29, 0.717) is 12.6 Å². The summed E-state index contributed by atoms with van der Waals surface area (Å²) in [5.74, 6) is 0.902. The number of fused-ring (bicyclic) bond motifs is 1. The summed E-state index contributed by atoms with van der Waals surface area (Å²) in [5, 5.41) is 3.48. The van der Waals surface area contributed by atoms with Crippen LogP contribution in [0.25, 0.3) is 0 Å². The van der Waals surface area contributed by atoms with Crippen molar-refractivity contribution in [3.8, 4) is 0 Å². The third kappa shape index (κ3) is 3.00. The Kier molecular flexibility index (Phi) is 4.81. The zero-order chi connectivity index (χ0) is 17.3. The Labute approximate surface area is 144 Å². The summed E-state index contributed by atoms with van der Waals surface area (Å²) in [6, 6.07) is 8.51. The SMILES string of the molecule is CCOC(=O)C1CCC(N(C)C)C2=C(N1)N(C)c1ccccc1C2. The van der Waals surface area contributed by atoms with E-state index in [2.05, 4.69) is 60.5 Å². The molecule has 2 aliphatic rings. The lowest BCUT2D eigenvalue weighted by atomic mass is 9.91. The highest BCUT2D eigenvalue weighted by Gasteiger charge is 2.35. The Hall–Kier alpha value is -2.01. The van der Waals surface area contributed by atoms with Gasteiger partial charge in [0.1, 0.15) is 11.9 Å². The summed E-state index contributed by atoms with van der Waals surface area (Å²) in [4.78, 5) is 16.8. The first-order valence-electron chi connectivity index (χ1n) is 8.67. The third-order valence-corrected chi connectivity index (χ3v) is 5.01. The van der Waals surface area contributed by atoms with Crippen molar-refractivity contribution in [3.63, 3.8) is 0 Å². The maximum absolute atomic E-state index is 12.3. The molecule has 2 unspecified atom stereocenters. The molecule has 1 aromatic rings. The van der Waals surface area contributed by atoms with E-state index in [0.717, 1.165) is 25.1 Å². The quantitative estimate of drug-likeness (QED) is 0.861. The number of carbonyl (C=O) groups excluding carboxylic acids is 1. The molecule has 24 heavy (non-hydrogen) atoms. The van der Waals surface area contributed by atoms with Crippen LogP contribution >= 0.6 is 0 Å². The smallest absolute Gasteiger partial charge is 0.328 e. The van der Waals surface area contributed by atoms with E-state index >= 15 is 0 Å². The van der Waals surface area contributed by atoms with Crippen LogP contribution in [0.2, 0.25) is 0 Å². The maximum atomic E-state index is 12.3. The van der Waals surface area contributed by atoms with E-state index in [9.17, 15) is 4.79 Å². The second-order valence-corrected chi connectivity index (χ2v) is 6.74. The lowest BCUT2D eigenvalue weighted by molar-refractivity contribution is -0.145. The van der Waals surface area contributed by atoms with E-state index in [-0.39, 0.29) is 12.0 Å². The van der Waals surface area contributed by atoms with E-state index in [1.165, 1.54) is 16.8 Å². The second kappa shape index (κ2) is 6.85. The molecule has 1 N–H and O–H groups in total. The summed E-state index contributed by atoms with van der Waals surface area (Å²) < 4.78 is 5.26. The molecular formula is C19H27N3O2. The first-order chi connectivity index (χ1) is 11.5. The average molecular weight is 329 g/mol. The summed E-state index contributed by atoms with van der Waals surface area (Å²) in [6.07, 6.45) is 2.64. The van der Waals surface area contributed by atoms with Crippen molar-refractivity contribution < 1.29 is 9.53 Å². The van der Waals surface area contributed by atoms with E-state index in [4.69, 9.17) is 4.74 Å². The molecule has 2 heterocycles. The highest BCUT2D eigenvalue weighted by molar-refractivity contribution is 5.77. The van der Waals surface area contributed by atoms with Crippen LogP contribution in [0.4, 0.5) is 5.69 Å². The van der Waals surface area contributed by atoms with Gasteiger partial charge in [-0.2, -0.15) is 0 Å². The zero-order valence-electron chi connectivity index (χ0n) is 15.0. The van der Waals surface area contributed by atoms with Crippen LogP contribution < -0.4 is 10.2 Å². The average Bonchev–Trinajstić information content (AvgIpc) is 2.75. The minimum atomic E-state index is -0.285. The Morgan fingerprint density at radius 3 is 2.79 bits per heavy atom. The van der Waals surface area contributed by atoms with Crippen LogP contribution in [0.3, 0.4) is 0 Å². The summed E-state index contributed by atoms with van der Waals surface area (Å²) in [6.45, 7) is 2.27. The molecule has 0 saturated carbocycles. The van der Waals surface area contributed by atoms with Gasteiger partial charge >= 0.3 is 5.97 Å². The normalized spacial score (nSPS) is 23.3. The molecule has 1 aromatic carbocycles. The number of nitrogens with zero attached hydrogens (tertiary/aromatic N) is 2. The highest BCUT2D eigenvalue weighted by Crippen LogP contribution is 2.36. The van der Waals surface area contributed by atoms with Crippen molar-refractivity contribution in [1.29, 1.82) is 0 Å². The number of likely N-dealkylation sites (N-methyl/N-ethyl adjacent to an activating group) is 1. The fourth-order valence-electron chi connectivity index (χ4n) is 3.80. The Morgan fingerprint density at radius 2 is 2.08 bits per heavy atom. The molecule has 0 fully saturated rings. The molecule has 0 aromatic heterocycles. The minimum Gasteiger partial charge on any atom is -0.464 e. The number of benzene rings is 1. The number of para-hydroxylation sites is 1. The molecule has 130 valence electrons. The molecule has 3 rings (SSSR count). The summed E-state index contributed by atoms with van der Waals surface area (Å²) in [7, 11) is 6.29. The van der Waals surface area contributed by atoms with E-state index in [1.807, 2.05) is 6.92 Å². The largest absolute Gasteiger partial charge is 0.464 e. The van der Waals surface area contributed by atoms with Gasteiger partial charge in [-0.05, 0) is 51.1 Å². The minimum absolute atomic E-state index is 0.156. The first kappa shape index (κ1) is 16.8. The van der Waals surface area contributed by atoms with Crippen molar-refractivity contribution >= 4 is 11.7 Å². The Balaban J connectivity index is 1.99. The molecule has 0 saturated heterocycles. The number of rotatable bonds is 3. The second-order valence-electron chi connectivity index (χ2n) is 6.74. The van der Waals surface area contributed by atoms with Crippen LogP contribution in [0, 0.1) is 0 Å². The topological polar surface area (TPSA) is 44.8 Å². The zero-order valence-corrected chi connectivity index (χ0v) is 15.0. The van der Waals surface area contributed by atoms with Crippen LogP contribution in [0.1, 0.15) is 25.3 Å². The van der Waals surface area contributed by atoms with Crippen molar-refractivity contribution in [1.82, 2.24) is 10.2 Å². The van der Waals surface area contributed by atoms with Crippen molar-refractivity contribution in [2.45, 2.75) is 38.3 Å². The van der Waals surface area contributed by atoms with Gasteiger partial charge in [-0.1, -0.05) is 18.2 Å². The molecule has 5 heteroatoms. The predicted octanol–water partition coefficient (Wildman–Crippen LogP) is 2.14. The monoisotopic (exact) mass is 329 g/mol. The van der Waals surface area contributed by atoms with Gasteiger partial charge in [-0.15, -0.1) is 0 Å². The standard InChI is InChI=1S/C19H27N3O2/c1-5-24-19(23)15-10-11-17(21(2)3)14-12-13-8-6-7-9-16(13)22(4)18(14)20-15/h6-9,15,17,20H,5,10-12H2,1-4H3.